The van der Waals surface area contributed by atoms with Crippen molar-refractivity contribution in [1.82, 2.24) is 10.3 Å². The van der Waals surface area contributed by atoms with Crippen LogP contribution in [-0.2, 0) is 6.54 Å². The van der Waals surface area contributed by atoms with Crippen molar-refractivity contribution < 1.29 is 0 Å². The number of aromatic nitrogens is 1. The Morgan fingerprint density at radius 2 is 2.00 bits per heavy atom. The highest BCUT2D eigenvalue weighted by atomic mass is 32.2. The van der Waals surface area contributed by atoms with Gasteiger partial charge in [-0.1, -0.05) is 19.1 Å². The minimum atomic E-state index is 0.310. The second kappa shape index (κ2) is 7.31. The Morgan fingerprint density at radius 3 is 2.65 bits per heavy atom. The van der Waals surface area contributed by atoms with Crippen LogP contribution in [0.4, 0.5) is 5.82 Å². The first-order chi connectivity index (χ1) is 9.69. The van der Waals surface area contributed by atoms with E-state index in [4.69, 9.17) is 5.73 Å². The zero-order valence-corrected chi connectivity index (χ0v) is 12.8. The van der Waals surface area contributed by atoms with Crippen molar-refractivity contribution in [3.05, 3.63) is 53.7 Å². The van der Waals surface area contributed by atoms with Gasteiger partial charge in [0, 0.05) is 23.7 Å². The predicted octanol–water partition coefficient (Wildman–Crippen LogP) is 3.63. The van der Waals surface area contributed by atoms with Crippen LogP contribution in [-0.4, -0.2) is 10.7 Å². The first kappa shape index (κ1) is 14.9. The molecular weight excluding hydrogens is 266 g/mol. The van der Waals surface area contributed by atoms with E-state index in [0.717, 1.165) is 17.9 Å². The van der Waals surface area contributed by atoms with Crippen molar-refractivity contribution in [2.45, 2.75) is 31.3 Å². The van der Waals surface area contributed by atoms with E-state index >= 15 is 0 Å². The van der Waals surface area contributed by atoms with Gasteiger partial charge in [0.1, 0.15) is 5.82 Å². The summed E-state index contributed by atoms with van der Waals surface area (Å²) in [6.45, 7) is 5.13. The molecule has 0 aliphatic rings. The Kier molecular flexibility index (Phi) is 5.44. The van der Waals surface area contributed by atoms with E-state index in [-0.39, 0.29) is 0 Å². The standard InChI is InChI=1S/C16H21N3S/c1-3-20-15-6-4-14(5-7-15)12(2)19-11-13-8-9-18-16(17)10-13/h4-10,12,19H,3,11H2,1-2H3,(H2,17,18)/t12-/m0/s1. The van der Waals surface area contributed by atoms with Gasteiger partial charge in [0.05, 0.1) is 0 Å². The van der Waals surface area contributed by atoms with Gasteiger partial charge in [0.25, 0.3) is 0 Å². The number of pyridine rings is 1. The van der Waals surface area contributed by atoms with E-state index in [1.54, 1.807) is 6.20 Å². The summed E-state index contributed by atoms with van der Waals surface area (Å²) in [5, 5.41) is 3.50. The lowest BCUT2D eigenvalue weighted by Crippen LogP contribution is -2.18. The molecule has 4 heteroatoms. The number of nitrogens with one attached hydrogen (secondary N) is 1. The first-order valence-corrected chi connectivity index (χ1v) is 7.84. The smallest absolute Gasteiger partial charge is 0.123 e. The van der Waals surface area contributed by atoms with Crippen molar-refractivity contribution in [1.29, 1.82) is 0 Å². The summed E-state index contributed by atoms with van der Waals surface area (Å²) in [6.07, 6.45) is 1.74. The number of hydrogen-bond donors (Lipinski definition) is 2. The van der Waals surface area contributed by atoms with Crippen LogP contribution in [0.1, 0.15) is 31.0 Å². The van der Waals surface area contributed by atoms with Gasteiger partial charge in [-0.05, 0) is 48.1 Å². The summed E-state index contributed by atoms with van der Waals surface area (Å²) >= 11 is 1.87. The Balaban J connectivity index is 1.92. The molecule has 20 heavy (non-hydrogen) atoms. The van der Waals surface area contributed by atoms with Gasteiger partial charge < -0.3 is 11.1 Å². The van der Waals surface area contributed by atoms with Gasteiger partial charge in [0.2, 0.25) is 0 Å². The molecular formula is C16H21N3S. The molecule has 0 aliphatic carbocycles. The quantitative estimate of drug-likeness (QED) is 0.797. The SMILES string of the molecule is CCSc1ccc([C@H](C)NCc2ccnc(N)c2)cc1. The molecule has 1 atom stereocenters. The number of rotatable bonds is 6. The molecule has 0 saturated heterocycles. The molecule has 2 aromatic rings. The highest BCUT2D eigenvalue weighted by Crippen LogP contribution is 2.21. The van der Waals surface area contributed by atoms with Crippen LogP contribution in [0.15, 0.2) is 47.5 Å². The zero-order chi connectivity index (χ0) is 14.4. The lowest BCUT2D eigenvalue weighted by molar-refractivity contribution is 0.574. The Morgan fingerprint density at radius 1 is 1.25 bits per heavy atom. The molecule has 1 heterocycles. The fourth-order valence-corrected chi connectivity index (χ4v) is 2.67. The van der Waals surface area contributed by atoms with Crippen molar-refractivity contribution in [2.24, 2.45) is 0 Å². The maximum absolute atomic E-state index is 5.68. The fraction of sp³-hybridized carbons (Fsp3) is 0.312. The van der Waals surface area contributed by atoms with Gasteiger partial charge in [-0.15, -0.1) is 11.8 Å². The third-order valence-electron chi connectivity index (χ3n) is 3.15. The molecule has 1 aromatic heterocycles. The van der Waals surface area contributed by atoms with E-state index in [0.29, 0.717) is 11.9 Å². The maximum atomic E-state index is 5.68. The van der Waals surface area contributed by atoms with Gasteiger partial charge in [0.15, 0.2) is 0 Å². The summed E-state index contributed by atoms with van der Waals surface area (Å²) in [5.74, 6) is 1.68. The highest BCUT2D eigenvalue weighted by Gasteiger charge is 2.05. The van der Waals surface area contributed by atoms with E-state index in [1.807, 2.05) is 23.9 Å². The molecule has 3 N–H and O–H groups in total. The highest BCUT2D eigenvalue weighted by molar-refractivity contribution is 7.99. The second-order valence-electron chi connectivity index (χ2n) is 4.69. The lowest BCUT2D eigenvalue weighted by atomic mass is 10.1. The number of benzene rings is 1. The number of nitrogens with zero attached hydrogens (tertiary/aromatic N) is 1. The minimum Gasteiger partial charge on any atom is -0.384 e. The average Bonchev–Trinajstić information content (AvgIpc) is 2.46. The Labute approximate surface area is 125 Å². The molecule has 1 aromatic carbocycles. The topological polar surface area (TPSA) is 50.9 Å². The summed E-state index contributed by atoms with van der Waals surface area (Å²) in [4.78, 5) is 5.32. The summed E-state index contributed by atoms with van der Waals surface area (Å²) < 4.78 is 0. The van der Waals surface area contributed by atoms with Crippen LogP contribution >= 0.6 is 11.8 Å². The Hall–Kier alpha value is -1.52. The van der Waals surface area contributed by atoms with Gasteiger partial charge >= 0.3 is 0 Å². The van der Waals surface area contributed by atoms with Crippen molar-refractivity contribution >= 4 is 17.6 Å². The number of nitrogen functional groups attached to an aromatic ring is 1. The average molecular weight is 287 g/mol. The van der Waals surface area contributed by atoms with E-state index in [9.17, 15) is 0 Å². The van der Waals surface area contributed by atoms with Gasteiger partial charge in [-0.3, -0.25) is 0 Å². The van der Waals surface area contributed by atoms with Crippen LogP contribution in [0.3, 0.4) is 0 Å². The fourth-order valence-electron chi connectivity index (χ4n) is 2.01. The molecule has 0 saturated carbocycles. The van der Waals surface area contributed by atoms with Crippen molar-refractivity contribution in [3.8, 4) is 0 Å². The minimum absolute atomic E-state index is 0.310. The van der Waals surface area contributed by atoms with Crippen LogP contribution in [0.25, 0.3) is 0 Å². The third-order valence-corrected chi connectivity index (χ3v) is 4.04. The lowest BCUT2D eigenvalue weighted by Gasteiger charge is -2.15. The van der Waals surface area contributed by atoms with E-state index < -0.39 is 0 Å². The Bertz CT molecular complexity index is 540. The number of hydrogen-bond acceptors (Lipinski definition) is 4. The van der Waals surface area contributed by atoms with E-state index in [2.05, 4.69) is 48.4 Å². The normalized spacial score (nSPS) is 12.3. The number of thioether (sulfide) groups is 1. The molecule has 0 fully saturated rings. The molecule has 0 aliphatic heterocycles. The molecule has 0 amide bonds. The summed E-state index contributed by atoms with van der Waals surface area (Å²) in [7, 11) is 0. The second-order valence-corrected chi connectivity index (χ2v) is 6.03. The number of nitrogens with two attached hydrogens (primary N) is 1. The third kappa shape index (κ3) is 4.25. The molecule has 0 bridgehead atoms. The van der Waals surface area contributed by atoms with Gasteiger partial charge in [-0.2, -0.15) is 0 Å². The van der Waals surface area contributed by atoms with Crippen molar-refractivity contribution in [2.75, 3.05) is 11.5 Å². The molecule has 0 radical (unpaired) electrons. The molecule has 0 spiro atoms. The molecule has 3 nitrogen and oxygen atoms in total. The molecule has 0 unspecified atom stereocenters. The number of anilines is 1. The van der Waals surface area contributed by atoms with Crippen LogP contribution < -0.4 is 11.1 Å². The largest absolute Gasteiger partial charge is 0.384 e. The maximum Gasteiger partial charge on any atom is 0.123 e. The van der Waals surface area contributed by atoms with Gasteiger partial charge in [-0.25, -0.2) is 4.98 Å². The predicted molar refractivity (Wildman–Crippen MR) is 86.7 cm³/mol. The summed E-state index contributed by atoms with van der Waals surface area (Å²) in [6, 6.07) is 13.0. The molecule has 106 valence electrons. The first-order valence-electron chi connectivity index (χ1n) is 6.85. The van der Waals surface area contributed by atoms with Crippen LogP contribution in [0.2, 0.25) is 0 Å². The van der Waals surface area contributed by atoms with Crippen LogP contribution in [0, 0.1) is 0 Å². The van der Waals surface area contributed by atoms with Crippen molar-refractivity contribution in [3.63, 3.8) is 0 Å². The van der Waals surface area contributed by atoms with E-state index in [1.165, 1.54) is 10.5 Å². The monoisotopic (exact) mass is 287 g/mol. The summed E-state index contributed by atoms with van der Waals surface area (Å²) in [5.41, 5.74) is 8.13. The zero-order valence-electron chi connectivity index (χ0n) is 12.0. The van der Waals surface area contributed by atoms with Crippen LogP contribution in [0.5, 0.6) is 0 Å². The molecule has 2 rings (SSSR count).